The number of hydrogen-bond donors (Lipinski definition) is 2. The number of fused-ring (bicyclic) bond motifs is 6. The van der Waals surface area contributed by atoms with Crippen molar-refractivity contribution in [3.8, 4) is 5.75 Å². The number of allylic oxidation sites excluding steroid dienone is 3. The Bertz CT molecular complexity index is 1520. The number of anilines is 1. The second-order valence-corrected chi connectivity index (χ2v) is 13.9. The van der Waals surface area contributed by atoms with Gasteiger partial charge in [0.2, 0.25) is 11.8 Å². The van der Waals surface area contributed by atoms with Crippen LogP contribution in [0.3, 0.4) is 0 Å². The molecule has 4 aliphatic rings. The third-order valence-corrected chi connectivity index (χ3v) is 10.1. The number of benzene rings is 1. The third kappa shape index (κ3) is 7.90. The monoisotopic (exact) mass is 705 g/mol. The molecule has 2 N–H and O–H groups in total. The van der Waals surface area contributed by atoms with E-state index in [-0.39, 0.29) is 36.6 Å². The van der Waals surface area contributed by atoms with E-state index >= 15 is 0 Å². The number of amides is 3. The van der Waals surface area contributed by atoms with Crippen LogP contribution in [0.1, 0.15) is 65.9 Å². The lowest BCUT2D eigenvalue weighted by molar-refractivity contribution is -0.328. The quantitative estimate of drug-likeness (QED) is 0.414. The van der Waals surface area contributed by atoms with Crippen molar-refractivity contribution in [1.82, 2.24) is 10.2 Å². The highest BCUT2D eigenvalue weighted by molar-refractivity contribution is 6.35. The number of carbonyl (C=O) groups is 4. The van der Waals surface area contributed by atoms with Gasteiger partial charge in [0.1, 0.15) is 46.3 Å². The topological polar surface area (TPSA) is 153 Å². The van der Waals surface area contributed by atoms with Gasteiger partial charge in [-0.1, -0.05) is 42.3 Å². The summed E-state index contributed by atoms with van der Waals surface area (Å²) in [6.45, 7) is 8.59. The van der Waals surface area contributed by atoms with Crippen molar-refractivity contribution in [3.63, 3.8) is 0 Å². The molecule has 2 saturated heterocycles. The van der Waals surface area contributed by atoms with Crippen LogP contribution in [0, 0.1) is 0 Å². The predicted molar refractivity (Wildman–Crippen MR) is 181 cm³/mol. The fourth-order valence-corrected chi connectivity index (χ4v) is 7.07. The molecule has 7 unspecified atom stereocenters. The molecular formula is C35H48ClN3O10. The van der Waals surface area contributed by atoms with Crippen LogP contribution in [0.15, 0.2) is 35.9 Å². The molecular weight excluding hydrogens is 658 g/mol. The summed E-state index contributed by atoms with van der Waals surface area (Å²) in [6, 6.07) is 2.64. The maximum absolute atomic E-state index is 14.0. The smallest absolute Gasteiger partial charge is 0.409 e. The maximum atomic E-state index is 14.0. The highest BCUT2D eigenvalue weighted by Crippen LogP contribution is 2.50. The lowest BCUT2D eigenvalue weighted by atomic mass is 9.72. The second kappa shape index (κ2) is 14.7. The number of rotatable bonds is 6. The number of nitrogens with zero attached hydrogens (tertiary/aromatic N) is 2. The molecule has 5 rings (SSSR count). The van der Waals surface area contributed by atoms with E-state index in [0.29, 0.717) is 17.9 Å². The van der Waals surface area contributed by atoms with Gasteiger partial charge >= 0.3 is 12.1 Å². The molecule has 6 bridgehead atoms. The van der Waals surface area contributed by atoms with Gasteiger partial charge in [-0.05, 0) is 51.8 Å². The molecule has 0 radical (unpaired) electrons. The molecule has 3 amide bonds. The molecule has 1 aromatic rings. The van der Waals surface area contributed by atoms with Crippen molar-refractivity contribution in [1.29, 1.82) is 0 Å². The second-order valence-electron chi connectivity index (χ2n) is 13.5. The molecule has 0 spiro atoms. The molecule has 13 nitrogen and oxygen atoms in total. The number of hydrogen-bond acceptors (Lipinski definition) is 10. The van der Waals surface area contributed by atoms with Crippen molar-refractivity contribution < 1.29 is 48.0 Å². The Labute approximate surface area is 292 Å². The number of halogens is 1. The minimum atomic E-state index is -1.84. The molecule has 14 heteroatoms. The average molecular weight is 706 g/mol. The van der Waals surface area contributed by atoms with Crippen LogP contribution in [-0.2, 0) is 39.8 Å². The van der Waals surface area contributed by atoms with Crippen LogP contribution in [-0.4, -0.2) is 103 Å². The Morgan fingerprint density at radius 1 is 1.22 bits per heavy atom. The molecule has 0 aliphatic carbocycles. The largest absolute Gasteiger partial charge is 0.495 e. The first-order chi connectivity index (χ1) is 22.9. The van der Waals surface area contributed by atoms with Crippen LogP contribution in [0.25, 0.3) is 0 Å². The van der Waals surface area contributed by atoms with Gasteiger partial charge in [0.05, 0.1) is 19.2 Å². The molecule has 0 aromatic heterocycles. The SMILES string of the molecule is CCC(=O)N(C)C(C)C(=O)OC1CC(=O)N(C)c2cc(cc(OC)c2Cl)C/C(C)=C/C=C/C(OC)C2(O)CC(OC(=O)N2)C2(C)CC1(C)O2. The number of carbonyl (C=O) groups excluding carboxylic acids is 4. The number of aliphatic hydroxyl groups is 1. The van der Waals surface area contributed by atoms with Crippen LogP contribution in [0.2, 0.25) is 5.02 Å². The van der Waals surface area contributed by atoms with Gasteiger partial charge in [-0.2, -0.15) is 0 Å². The first-order valence-electron chi connectivity index (χ1n) is 16.3. The van der Waals surface area contributed by atoms with Crippen molar-refractivity contribution >= 4 is 41.2 Å². The average Bonchev–Trinajstić information content (AvgIpc) is 3.03. The van der Waals surface area contributed by atoms with Gasteiger partial charge in [-0.15, -0.1) is 0 Å². The van der Waals surface area contributed by atoms with E-state index < -0.39 is 59.3 Å². The van der Waals surface area contributed by atoms with Gasteiger partial charge < -0.3 is 38.6 Å². The van der Waals surface area contributed by atoms with Crippen molar-refractivity contribution in [2.24, 2.45) is 0 Å². The molecule has 270 valence electrons. The molecule has 2 fully saturated rings. The molecule has 0 saturated carbocycles. The summed E-state index contributed by atoms with van der Waals surface area (Å²) in [7, 11) is 6.00. The van der Waals surface area contributed by atoms with Gasteiger partial charge in [-0.25, -0.2) is 9.59 Å². The van der Waals surface area contributed by atoms with Crippen molar-refractivity contribution in [2.45, 2.75) is 108 Å². The summed E-state index contributed by atoms with van der Waals surface area (Å²) in [5.41, 5.74) is -2.07. The van der Waals surface area contributed by atoms with E-state index in [0.717, 1.165) is 11.1 Å². The first kappa shape index (κ1) is 38.2. The van der Waals surface area contributed by atoms with E-state index in [2.05, 4.69) is 5.32 Å². The first-order valence-corrected chi connectivity index (χ1v) is 16.6. The van der Waals surface area contributed by atoms with Crippen LogP contribution < -0.4 is 15.0 Å². The minimum Gasteiger partial charge on any atom is -0.495 e. The Kier molecular flexibility index (Phi) is 11.4. The number of alkyl carbamates (subject to hydrolysis) is 1. The van der Waals surface area contributed by atoms with Crippen LogP contribution in [0.5, 0.6) is 5.75 Å². The van der Waals surface area contributed by atoms with Gasteiger partial charge in [0.25, 0.3) is 0 Å². The van der Waals surface area contributed by atoms with Crippen molar-refractivity contribution in [2.75, 3.05) is 33.2 Å². The zero-order valence-corrected chi connectivity index (χ0v) is 30.4. The number of nitrogens with one attached hydrogen (secondary N) is 1. The number of methoxy groups -OCH3 is 2. The lowest BCUT2D eigenvalue weighted by Gasteiger charge is -2.59. The lowest BCUT2D eigenvalue weighted by Crippen LogP contribution is -2.72. The standard InChI is InChI=1S/C35H48ClN3O10/c1-10-28(40)38(6)21(3)31(42)47-26-17-29(41)39(7)23-15-22(16-24(45-8)30(23)36)14-20(2)12-11-13-25(46-9)35(44)18-27(48-32(43)37-35)34(5)19-33(26,4)49-34/h11-13,15-16,21,25-27,44H,10,14,17-19H2,1-9H3,(H,37,43)/b13-11+,20-12+. The zero-order chi connectivity index (χ0) is 36.5. The summed E-state index contributed by atoms with van der Waals surface area (Å²) in [6.07, 6.45) is 1.82. The molecule has 4 aliphatic heterocycles. The van der Waals surface area contributed by atoms with Gasteiger partial charge in [-0.3, -0.25) is 14.9 Å². The molecule has 4 heterocycles. The Morgan fingerprint density at radius 2 is 1.90 bits per heavy atom. The number of likely N-dealkylation sites (N-methyl/N-ethyl adjacent to an activating group) is 1. The Morgan fingerprint density at radius 3 is 2.51 bits per heavy atom. The molecule has 1 aromatic carbocycles. The van der Waals surface area contributed by atoms with E-state index in [9.17, 15) is 24.3 Å². The van der Waals surface area contributed by atoms with Gasteiger partial charge in [0, 0.05) is 40.5 Å². The number of esters is 1. The summed E-state index contributed by atoms with van der Waals surface area (Å²) >= 11 is 6.72. The summed E-state index contributed by atoms with van der Waals surface area (Å²) in [5.74, 6) is -1.03. The fraction of sp³-hybridized carbons (Fsp3) is 0.600. The fourth-order valence-electron chi connectivity index (χ4n) is 6.76. The predicted octanol–water partition coefficient (Wildman–Crippen LogP) is 4.07. The Hall–Kier alpha value is -3.65. The summed E-state index contributed by atoms with van der Waals surface area (Å²) in [4.78, 5) is 55.3. The van der Waals surface area contributed by atoms with Gasteiger partial charge in [0.15, 0.2) is 5.72 Å². The molecule has 7 atom stereocenters. The van der Waals surface area contributed by atoms with Crippen LogP contribution >= 0.6 is 11.6 Å². The minimum absolute atomic E-state index is 0.0892. The summed E-state index contributed by atoms with van der Waals surface area (Å²) in [5, 5.41) is 14.4. The van der Waals surface area contributed by atoms with E-state index in [4.69, 9.17) is 35.3 Å². The van der Waals surface area contributed by atoms with E-state index in [1.54, 1.807) is 59.0 Å². The van der Waals surface area contributed by atoms with E-state index in [1.165, 1.54) is 31.1 Å². The molecule has 49 heavy (non-hydrogen) atoms. The summed E-state index contributed by atoms with van der Waals surface area (Å²) < 4.78 is 29.3. The highest BCUT2D eigenvalue weighted by atomic mass is 35.5. The maximum Gasteiger partial charge on any atom is 0.409 e. The number of ether oxygens (including phenoxy) is 5. The Balaban J connectivity index is 1.79. The zero-order valence-electron chi connectivity index (χ0n) is 29.6. The van der Waals surface area contributed by atoms with Crippen molar-refractivity contribution in [3.05, 3.63) is 46.5 Å². The third-order valence-electron chi connectivity index (χ3n) is 9.74. The highest BCUT2D eigenvalue weighted by Gasteiger charge is 2.63. The van der Waals surface area contributed by atoms with E-state index in [1.807, 2.05) is 13.0 Å². The normalized spacial score (nSPS) is 32.8. The van der Waals surface area contributed by atoms with Crippen LogP contribution in [0.4, 0.5) is 10.5 Å².